The largest absolute Gasteiger partial charge is 0.411 e. The molecule has 0 spiro atoms. The topological polar surface area (TPSA) is 48.1 Å². The molecule has 1 atom stereocenters. The number of nitrogens with zero attached hydrogens (tertiary/aromatic N) is 1. The molecule has 1 aliphatic carbocycles. The molecule has 1 heterocycles. The van der Waals surface area contributed by atoms with Crippen LogP contribution in [0.15, 0.2) is 0 Å². The van der Waals surface area contributed by atoms with Crippen molar-refractivity contribution in [2.24, 2.45) is 5.73 Å². The van der Waals surface area contributed by atoms with Crippen molar-refractivity contribution < 1.29 is 17.9 Å². The summed E-state index contributed by atoms with van der Waals surface area (Å²) in [4.78, 5) is 5.50. The Balaban J connectivity index is 1.84. The maximum atomic E-state index is 11.9. The van der Waals surface area contributed by atoms with Crippen molar-refractivity contribution in [1.29, 1.82) is 0 Å². The van der Waals surface area contributed by atoms with Gasteiger partial charge in [0.1, 0.15) is 6.61 Å². The van der Waals surface area contributed by atoms with Crippen LogP contribution in [0.3, 0.4) is 0 Å². The van der Waals surface area contributed by atoms with E-state index in [1.165, 1.54) is 11.3 Å². The van der Waals surface area contributed by atoms with Crippen molar-refractivity contribution in [3.05, 3.63) is 15.6 Å². The second-order valence-corrected chi connectivity index (χ2v) is 5.45. The zero-order valence-corrected chi connectivity index (χ0v) is 10.6. The Bertz CT molecular complexity index is 405. The van der Waals surface area contributed by atoms with E-state index in [0.29, 0.717) is 6.42 Å². The van der Waals surface area contributed by atoms with E-state index in [1.54, 1.807) is 0 Å². The minimum atomic E-state index is -4.26. The summed E-state index contributed by atoms with van der Waals surface area (Å²) in [7, 11) is 0. The average molecular weight is 280 g/mol. The lowest BCUT2D eigenvalue weighted by Gasteiger charge is -2.15. The Morgan fingerprint density at radius 2 is 2.22 bits per heavy atom. The monoisotopic (exact) mass is 280 g/mol. The lowest BCUT2D eigenvalue weighted by Crippen LogP contribution is -2.17. The molecule has 1 unspecified atom stereocenters. The molecule has 102 valence electrons. The molecule has 18 heavy (non-hydrogen) atoms. The van der Waals surface area contributed by atoms with Crippen LogP contribution >= 0.6 is 11.3 Å². The first kappa shape index (κ1) is 13.8. The van der Waals surface area contributed by atoms with Gasteiger partial charge in [-0.15, -0.1) is 11.3 Å². The molecule has 0 fully saturated rings. The molecule has 1 aromatic rings. The van der Waals surface area contributed by atoms with E-state index in [2.05, 4.69) is 9.72 Å². The number of nitrogens with two attached hydrogens (primary N) is 1. The first-order valence-corrected chi connectivity index (χ1v) is 6.66. The molecule has 2 rings (SSSR count). The van der Waals surface area contributed by atoms with Crippen molar-refractivity contribution in [3.63, 3.8) is 0 Å². The van der Waals surface area contributed by atoms with Crippen molar-refractivity contribution in [1.82, 2.24) is 4.98 Å². The van der Waals surface area contributed by atoms with Crippen LogP contribution in [-0.4, -0.2) is 24.4 Å². The highest BCUT2D eigenvalue weighted by atomic mass is 32.1. The highest BCUT2D eigenvalue weighted by molar-refractivity contribution is 7.11. The van der Waals surface area contributed by atoms with Gasteiger partial charge in [0.2, 0.25) is 0 Å². The van der Waals surface area contributed by atoms with Crippen LogP contribution in [0.2, 0.25) is 0 Å². The number of ether oxygens (including phenoxy) is 1. The van der Waals surface area contributed by atoms with Crippen LogP contribution in [0, 0.1) is 0 Å². The van der Waals surface area contributed by atoms with Gasteiger partial charge in [0, 0.05) is 17.3 Å². The second kappa shape index (κ2) is 5.54. The minimum absolute atomic E-state index is 0.0380. The van der Waals surface area contributed by atoms with Crippen LogP contribution in [0.5, 0.6) is 0 Å². The molecule has 2 N–H and O–H groups in total. The van der Waals surface area contributed by atoms with Crippen LogP contribution in [0.1, 0.15) is 34.5 Å². The van der Waals surface area contributed by atoms with Gasteiger partial charge < -0.3 is 10.5 Å². The van der Waals surface area contributed by atoms with E-state index < -0.39 is 12.8 Å². The van der Waals surface area contributed by atoms with Crippen molar-refractivity contribution in [2.45, 2.75) is 37.9 Å². The molecule has 0 saturated heterocycles. The highest BCUT2D eigenvalue weighted by Gasteiger charge is 2.27. The maximum absolute atomic E-state index is 11.9. The van der Waals surface area contributed by atoms with Crippen LogP contribution in [0.25, 0.3) is 0 Å². The van der Waals surface area contributed by atoms with Crippen molar-refractivity contribution in [3.8, 4) is 0 Å². The van der Waals surface area contributed by atoms with Gasteiger partial charge in [0.05, 0.1) is 17.3 Å². The fraction of sp³-hybridized carbons (Fsp3) is 0.727. The summed E-state index contributed by atoms with van der Waals surface area (Å²) in [6.45, 7) is -1.15. The number of aryl methyl sites for hydroxylation is 1. The van der Waals surface area contributed by atoms with Crippen LogP contribution in [-0.2, 0) is 17.6 Å². The van der Waals surface area contributed by atoms with Gasteiger partial charge in [-0.1, -0.05) is 0 Å². The lowest BCUT2D eigenvalue weighted by molar-refractivity contribution is -0.173. The smallest absolute Gasteiger partial charge is 0.372 e. The fourth-order valence-electron chi connectivity index (χ4n) is 1.96. The van der Waals surface area contributed by atoms with Gasteiger partial charge >= 0.3 is 6.18 Å². The van der Waals surface area contributed by atoms with E-state index in [9.17, 15) is 13.2 Å². The second-order valence-electron chi connectivity index (χ2n) is 4.34. The molecular formula is C11H15F3N2OS. The fourth-order valence-corrected chi connectivity index (χ4v) is 3.09. The molecule has 0 saturated carbocycles. The number of alkyl halides is 3. The Morgan fingerprint density at radius 3 is 2.89 bits per heavy atom. The summed E-state index contributed by atoms with van der Waals surface area (Å²) >= 11 is 1.50. The molecular weight excluding hydrogens is 265 g/mol. The average Bonchev–Trinajstić information content (AvgIpc) is 2.68. The van der Waals surface area contributed by atoms with Crippen molar-refractivity contribution in [2.75, 3.05) is 13.2 Å². The highest BCUT2D eigenvalue weighted by Crippen LogP contribution is 2.32. The Morgan fingerprint density at radius 1 is 1.44 bits per heavy atom. The van der Waals surface area contributed by atoms with Gasteiger partial charge in [-0.3, -0.25) is 0 Å². The molecule has 1 aliphatic rings. The summed E-state index contributed by atoms with van der Waals surface area (Å²) in [5, 5.41) is 0.819. The summed E-state index contributed by atoms with van der Waals surface area (Å²) < 4.78 is 40.2. The normalized spacial score (nSPS) is 19.9. The quantitative estimate of drug-likeness (QED) is 0.862. The predicted octanol–water partition coefficient (Wildman–Crippen LogP) is 2.60. The molecule has 3 nitrogen and oxygen atoms in total. The molecule has 7 heteroatoms. The maximum Gasteiger partial charge on any atom is 0.411 e. The molecule has 0 bridgehead atoms. The Kier molecular flexibility index (Phi) is 4.24. The number of thiazole rings is 1. The molecule has 0 aliphatic heterocycles. The standard InChI is InChI=1S/C11H15F3N2OS/c12-11(13,14)6-17-5-4-9-16-8-3-1-2-7(15)10(8)18-9/h7H,1-6,15H2. The molecule has 0 radical (unpaired) electrons. The SMILES string of the molecule is NC1CCCc2nc(CCOCC(F)(F)F)sc21. The van der Waals surface area contributed by atoms with E-state index >= 15 is 0 Å². The van der Waals surface area contributed by atoms with Crippen LogP contribution < -0.4 is 5.73 Å². The third kappa shape index (κ3) is 3.66. The number of rotatable bonds is 4. The number of halogens is 3. The third-order valence-corrected chi connectivity index (χ3v) is 4.05. The zero-order valence-electron chi connectivity index (χ0n) is 9.79. The van der Waals surface area contributed by atoms with Gasteiger partial charge in [0.15, 0.2) is 0 Å². The minimum Gasteiger partial charge on any atom is -0.372 e. The third-order valence-electron chi connectivity index (χ3n) is 2.76. The van der Waals surface area contributed by atoms with E-state index in [-0.39, 0.29) is 12.6 Å². The van der Waals surface area contributed by atoms with E-state index in [4.69, 9.17) is 5.73 Å². The Labute approximate surface area is 107 Å². The lowest BCUT2D eigenvalue weighted by atomic mass is 9.99. The summed E-state index contributed by atoms with van der Waals surface area (Å²) in [6, 6.07) is 0.0380. The van der Waals surface area contributed by atoms with Gasteiger partial charge in [0.25, 0.3) is 0 Å². The Hall–Kier alpha value is -0.660. The number of fused-ring (bicyclic) bond motifs is 1. The number of hydrogen-bond donors (Lipinski definition) is 1. The van der Waals surface area contributed by atoms with Gasteiger partial charge in [-0.05, 0) is 19.3 Å². The van der Waals surface area contributed by atoms with E-state index in [1.807, 2.05) is 0 Å². The first-order valence-electron chi connectivity index (χ1n) is 5.84. The summed E-state index contributed by atoms with van der Waals surface area (Å²) in [5.41, 5.74) is 6.98. The first-order chi connectivity index (χ1) is 8.46. The number of hydrogen-bond acceptors (Lipinski definition) is 4. The summed E-state index contributed by atoms with van der Waals surface area (Å²) in [5.74, 6) is 0. The molecule has 0 amide bonds. The van der Waals surface area contributed by atoms with Crippen LogP contribution in [0.4, 0.5) is 13.2 Å². The molecule has 0 aromatic carbocycles. The van der Waals surface area contributed by atoms with E-state index in [0.717, 1.165) is 34.8 Å². The van der Waals surface area contributed by atoms with Gasteiger partial charge in [-0.25, -0.2) is 4.98 Å². The number of aromatic nitrogens is 1. The van der Waals surface area contributed by atoms with Gasteiger partial charge in [-0.2, -0.15) is 13.2 Å². The van der Waals surface area contributed by atoms with Crippen molar-refractivity contribution >= 4 is 11.3 Å². The predicted molar refractivity (Wildman–Crippen MR) is 62.6 cm³/mol. The summed E-state index contributed by atoms with van der Waals surface area (Å²) in [6.07, 6.45) is -0.936. The molecule has 1 aromatic heterocycles. The zero-order chi connectivity index (χ0) is 13.2.